The van der Waals surface area contributed by atoms with Crippen molar-refractivity contribution in [3.05, 3.63) is 75.9 Å². The number of amides is 1. The fourth-order valence-electron chi connectivity index (χ4n) is 4.90. The van der Waals surface area contributed by atoms with Crippen molar-refractivity contribution in [1.82, 2.24) is 14.9 Å². The van der Waals surface area contributed by atoms with Gasteiger partial charge in [0.2, 0.25) is 5.88 Å². The first-order valence-corrected chi connectivity index (χ1v) is 13.9. The van der Waals surface area contributed by atoms with Crippen LogP contribution in [0.25, 0.3) is 21.1 Å². The Balaban J connectivity index is 1.16. The largest absolute Gasteiger partial charge is 0.474 e. The number of aryl methyl sites for hydroxylation is 1. The van der Waals surface area contributed by atoms with Crippen molar-refractivity contribution in [3.8, 4) is 27.0 Å². The van der Waals surface area contributed by atoms with Gasteiger partial charge in [0.15, 0.2) is 0 Å². The molecule has 1 aliphatic carbocycles. The van der Waals surface area contributed by atoms with Gasteiger partial charge in [0.25, 0.3) is 5.91 Å². The summed E-state index contributed by atoms with van der Waals surface area (Å²) in [5.74, 6) is 0.815. The van der Waals surface area contributed by atoms with E-state index < -0.39 is 5.54 Å². The van der Waals surface area contributed by atoms with Crippen LogP contribution in [0, 0.1) is 24.6 Å². The number of hydrogen-bond acceptors (Lipinski definition) is 7. The monoisotopic (exact) mass is 534 g/mol. The van der Waals surface area contributed by atoms with Gasteiger partial charge in [-0.05, 0) is 68.1 Å². The van der Waals surface area contributed by atoms with E-state index in [0.29, 0.717) is 29.5 Å². The molecule has 1 saturated heterocycles. The minimum Gasteiger partial charge on any atom is -0.474 e. The maximum absolute atomic E-state index is 13.5. The van der Waals surface area contributed by atoms with E-state index in [9.17, 15) is 9.18 Å². The summed E-state index contributed by atoms with van der Waals surface area (Å²) in [6.45, 7) is 7.09. The Morgan fingerprint density at radius 3 is 2.51 bits per heavy atom. The molecule has 0 spiro atoms. The third kappa shape index (κ3) is 4.67. The van der Waals surface area contributed by atoms with Crippen LogP contribution in [0.1, 0.15) is 34.8 Å². The number of thiophene rings is 1. The van der Waals surface area contributed by atoms with Gasteiger partial charge < -0.3 is 15.4 Å². The Hall–Kier alpha value is -3.14. The summed E-state index contributed by atoms with van der Waals surface area (Å²) in [5, 5.41) is 2.91. The number of aromatic nitrogens is 2. The molecule has 6 rings (SSSR count). The number of nitrogens with two attached hydrogens (primary N) is 1. The van der Waals surface area contributed by atoms with Gasteiger partial charge in [-0.1, -0.05) is 6.07 Å². The predicted molar refractivity (Wildman–Crippen MR) is 144 cm³/mol. The molecule has 1 amide bonds. The Morgan fingerprint density at radius 1 is 1.14 bits per heavy atom. The lowest BCUT2D eigenvalue weighted by molar-refractivity contribution is 0.0755. The number of carbonyl (C=O) groups excluding carboxylic acids is 1. The van der Waals surface area contributed by atoms with Crippen LogP contribution in [0.2, 0.25) is 0 Å². The number of benzene rings is 1. The van der Waals surface area contributed by atoms with E-state index in [0.717, 1.165) is 26.7 Å². The molecule has 9 heteroatoms. The molecule has 190 valence electrons. The molecule has 37 heavy (non-hydrogen) atoms. The summed E-state index contributed by atoms with van der Waals surface area (Å²) in [4.78, 5) is 26.3. The second-order valence-corrected chi connectivity index (χ2v) is 12.3. The molecule has 2 aliphatic rings. The Kier molecular flexibility index (Phi) is 5.89. The van der Waals surface area contributed by atoms with Gasteiger partial charge >= 0.3 is 0 Å². The van der Waals surface area contributed by atoms with Crippen molar-refractivity contribution in [3.63, 3.8) is 0 Å². The van der Waals surface area contributed by atoms with Crippen LogP contribution in [0.3, 0.4) is 0 Å². The number of pyridine rings is 1. The van der Waals surface area contributed by atoms with Gasteiger partial charge in [-0.25, -0.2) is 14.4 Å². The summed E-state index contributed by atoms with van der Waals surface area (Å²) in [6.07, 6.45) is 0.0120. The van der Waals surface area contributed by atoms with Crippen LogP contribution < -0.4 is 10.5 Å². The van der Waals surface area contributed by atoms with E-state index in [1.165, 1.54) is 23.5 Å². The zero-order valence-corrected chi connectivity index (χ0v) is 22.4. The molecular formula is C28H27FN4O2S2. The smallest absolute Gasteiger partial charge is 0.265 e. The second kappa shape index (κ2) is 9.01. The maximum Gasteiger partial charge on any atom is 0.265 e. The Labute approximate surface area is 223 Å². The first-order chi connectivity index (χ1) is 17.7. The molecule has 4 heterocycles. The minimum atomic E-state index is -0.590. The SMILES string of the molecule is Cc1nc(-c2cccs2)sc1C(=O)N1C[C@@H]2[C@H](C1)[C@@H]2Oc1cc(C(C)(C)N)cc(-c2ccc(F)cc2)n1. The number of rotatable bonds is 6. The zero-order chi connectivity index (χ0) is 25.9. The highest BCUT2D eigenvalue weighted by atomic mass is 32.1. The van der Waals surface area contributed by atoms with Gasteiger partial charge in [-0.2, -0.15) is 0 Å². The average molecular weight is 535 g/mol. The van der Waals surface area contributed by atoms with E-state index in [4.69, 9.17) is 15.5 Å². The van der Waals surface area contributed by atoms with E-state index in [1.807, 2.05) is 55.3 Å². The normalized spacial score (nSPS) is 20.7. The Morgan fingerprint density at radius 2 is 1.86 bits per heavy atom. The quantitative estimate of drug-likeness (QED) is 0.342. The average Bonchev–Trinajstić information content (AvgIpc) is 3.36. The second-order valence-electron chi connectivity index (χ2n) is 10.3. The number of hydrogen-bond donors (Lipinski definition) is 1. The predicted octanol–water partition coefficient (Wildman–Crippen LogP) is 5.72. The van der Waals surface area contributed by atoms with Crippen molar-refractivity contribution in [2.75, 3.05) is 13.1 Å². The lowest BCUT2D eigenvalue weighted by Crippen LogP contribution is -2.33. The molecule has 3 aromatic heterocycles. The van der Waals surface area contributed by atoms with Gasteiger partial charge in [-0.15, -0.1) is 22.7 Å². The van der Waals surface area contributed by atoms with E-state index in [-0.39, 0.29) is 29.7 Å². The van der Waals surface area contributed by atoms with Crippen molar-refractivity contribution in [2.45, 2.75) is 32.4 Å². The number of halogens is 1. The highest BCUT2D eigenvalue weighted by Crippen LogP contribution is 2.48. The maximum atomic E-state index is 13.5. The number of carbonyl (C=O) groups is 1. The molecule has 0 radical (unpaired) electrons. The van der Waals surface area contributed by atoms with Crippen LogP contribution in [0.15, 0.2) is 53.9 Å². The molecule has 4 aromatic rings. The van der Waals surface area contributed by atoms with E-state index in [2.05, 4.69) is 4.98 Å². The summed E-state index contributed by atoms with van der Waals surface area (Å²) in [5.41, 5.74) is 8.97. The van der Waals surface area contributed by atoms with Gasteiger partial charge in [-0.3, -0.25) is 4.79 Å². The molecule has 2 N–H and O–H groups in total. The summed E-state index contributed by atoms with van der Waals surface area (Å²) < 4.78 is 19.8. The minimum absolute atomic E-state index is 0.0120. The zero-order valence-electron chi connectivity index (χ0n) is 20.8. The van der Waals surface area contributed by atoms with Crippen LogP contribution in [0.5, 0.6) is 5.88 Å². The van der Waals surface area contributed by atoms with Crippen LogP contribution >= 0.6 is 22.7 Å². The molecule has 1 saturated carbocycles. The van der Waals surface area contributed by atoms with E-state index >= 15 is 0 Å². The molecule has 0 bridgehead atoms. The first-order valence-electron chi connectivity index (χ1n) is 12.2. The van der Waals surface area contributed by atoms with E-state index in [1.54, 1.807) is 23.5 Å². The van der Waals surface area contributed by atoms with Crippen molar-refractivity contribution in [1.29, 1.82) is 0 Å². The molecule has 6 nitrogen and oxygen atoms in total. The number of likely N-dealkylation sites (tertiary alicyclic amines) is 1. The van der Waals surface area contributed by atoms with Crippen molar-refractivity contribution < 1.29 is 13.9 Å². The van der Waals surface area contributed by atoms with Crippen LogP contribution in [-0.4, -0.2) is 40.0 Å². The fourth-order valence-corrected chi connectivity index (χ4v) is 6.73. The topological polar surface area (TPSA) is 81.3 Å². The number of nitrogens with zero attached hydrogens (tertiary/aromatic N) is 3. The van der Waals surface area contributed by atoms with Gasteiger partial charge in [0.05, 0.1) is 16.3 Å². The third-order valence-electron chi connectivity index (χ3n) is 7.07. The molecule has 2 fully saturated rings. The number of piperidine rings is 1. The van der Waals surface area contributed by atoms with Gasteiger partial charge in [0, 0.05) is 42.1 Å². The molecule has 1 aliphatic heterocycles. The molecule has 3 atom stereocenters. The highest BCUT2D eigenvalue weighted by molar-refractivity contribution is 7.22. The van der Waals surface area contributed by atoms with Gasteiger partial charge in [0.1, 0.15) is 21.8 Å². The number of ether oxygens (including phenoxy) is 1. The lowest BCUT2D eigenvalue weighted by Gasteiger charge is -2.22. The fraction of sp³-hybridized carbons (Fsp3) is 0.321. The van der Waals surface area contributed by atoms with Crippen molar-refractivity contribution >= 4 is 28.6 Å². The summed E-state index contributed by atoms with van der Waals surface area (Å²) >= 11 is 3.10. The van der Waals surface area contributed by atoms with Crippen LogP contribution in [0.4, 0.5) is 4.39 Å². The lowest BCUT2D eigenvalue weighted by atomic mass is 9.95. The summed E-state index contributed by atoms with van der Waals surface area (Å²) in [7, 11) is 0. The van der Waals surface area contributed by atoms with Crippen molar-refractivity contribution in [2.24, 2.45) is 17.6 Å². The number of thiazole rings is 1. The number of fused-ring (bicyclic) bond motifs is 1. The summed E-state index contributed by atoms with van der Waals surface area (Å²) in [6, 6.07) is 14.1. The molecular weight excluding hydrogens is 507 g/mol. The Bertz CT molecular complexity index is 1450. The third-order valence-corrected chi connectivity index (χ3v) is 9.25. The molecule has 0 unspecified atom stereocenters. The highest BCUT2D eigenvalue weighted by Gasteiger charge is 2.59. The standard InChI is InChI=1S/C28H27FN4O2S2/c1-15-25(37-26(31-15)22-5-4-10-36-22)27(34)33-13-19-20(14-33)24(19)35-23-12-17(28(2,3)30)11-21(32-23)16-6-8-18(29)9-7-16/h4-12,19-20,24H,13-14,30H2,1-3H3/t19-,20+,24-. The van der Waals surface area contributed by atoms with Crippen LogP contribution in [-0.2, 0) is 5.54 Å². The first kappa shape index (κ1) is 24.2. The molecule has 1 aromatic carbocycles.